The number of hydrogen-bond donors (Lipinski definition) is 2. The molecular formula is C22H34O4. The molecule has 1 saturated carbocycles. The highest BCUT2D eigenvalue weighted by atomic mass is 16.5. The monoisotopic (exact) mass is 362 g/mol. The van der Waals surface area contributed by atoms with E-state index in [1.807, 2.05) is 6.08 Å². The van der Waals surface area contributed by atoms with Gasteiger partial charge in [0, 0.05) is 12.3 Å². The number of fused-ring (bicyclic) bond motifs is 2. The van der Waals surface area contributed by atoms with Gasteiger partial charge in [-0.05, 0) is 56.8 Å². The molecule has 2 N–H and O–H groups in total. The summed E-state index contributed by atoms with van der Waals surface area (Å²) in [6.07, 6.45) is 20.2. The van der Waals surface area contributed by atoms with E-state index in [1.54, 1.807) is 0 Å². The number of aliphatic carboxylic acids is 1. The number of carbonyl (C=O) groups is 1. The van der Waals surface area contributed by atoms with E-state index < -0.39 is 5.97 Å². The van der Waals surface area contributed by atoms with Gasteiger partial charge in [-0.2, -0.15) is 0 Å². The van der Waals surface area contributed by atoms with Crippen LogP contribution in [0.15, 0.2) is 24.3 Å². The number of ether oxygens (including phenoxy) is 1. The first kappa shape index (κ1) is 19.6. The quantitative estimate of drug-likeness (QED) is 0.469. The van der Waals surface area contributed by atoms with Crippen LogP contribution in [0.1, 0.15) is 70.6 Å². The zero-order valence-corrected chi connectivity index (χ0v) is 15.8. The van der Waals surface area contributed by atoms with Crippen molar-refractivity contribution in [3.8, 4) is 0 Å². The summed E-state index contributed by atoms with van der Waals surface area (Å²) >= 11 is 0. The highest BCUT2D eigenvalue weighted by Crippen LogP contribution is 2.46. The summed E-state index contributed by atoms with van der Waals surface area (Å²) in [7, 11) is 0. The molecule has 0 aromatic heterocycles. The minimum Gasteiger partial charge on any atom is -0.481 e. The fraction of sp³-hybridized carbons (Fsp3) is 0.773. The molecule has 3 aliphatic rings. The molecule has 0 radical (unpaired) electrons. The van der Waals surface area contributed by atoms with Crippen molar-refractivity contribution in [3.05, 3.63) is 24.3 Å². The lowest BCUT2D eigenvalue weighted by Gasteiger charge is -2.27. The molecule has 2 aliphatic heterocycles. The van der Waals surface area contributed by atoms with Gasteiger partial charge in [0.15, 0.2) is 0 Å². The third-order valence-corrected chi connectivity index (χ3v) is 6.49. The van der Waals surface area contributed by atoms with Gasteiger partial charge in [-0.15, -0.1) is 0 Å². The molecule has 0 amide bonds. The van der Waals surface area contributed by atoms with Crippen LogP contribution in [-0.4, -0.2) is 34.5 Å². The summed E-state index contributed by atoms with van der Waals surface area (Å²) in [5, 5.41) is 19.2. The van der Waals surface area contributed by atoms with Crippen molar-refractivity contribution >= 4 is 5.97 Å². The Hall–Kier alpha value is -1.13. The number of aliphatic hydroxyl groups excluding tert-OH is 1. The van der Waals surface area contributed by atoms with E-state index in [2.05, 4.69) is 18.2 Å². The molecular weight excluding hydrogens is 328 g/mol. The molecule has 4 heteroatoms. The maximum atomic E-state index is 10.5. The predicted octanol–water partition coefficient (Wildman–Crippen LogP) is 4.48. The van der Waals surface area contributed by atoms with E-state index in [4.69, 9.17) is 9.84 Å². The Morgan fingerprint density at radius 1 is 1.08 bits per heavy atom. The molecule has 3 fully saturated rings. The highest BCUT2D eigenvalue weighted by molar-refractivity contribution is 5.66. The molecule has 26 heavy (non-hydrogen) atoms. The maximum absolute atomic E-state index is 10.5. The smallest absolute Gasteiger partial charge is 0.303 e. The second-order valence-electron chi connectivity index (χ2n) is 8.30. The number of unbranched alkanes of at least 4 members (excludes halogenated alkanes) is 1. The number of allylic oxidation sites excluding steroid dienone is 2. The van der Waals surface area contributed by atoms with Crippen LogP contribution in [0.25, 0.3) is 0 Å². The molecule has 2 bridgehead atoms. The second-order valence-corrected chi connectivity index (χ2v) is 8.30. The van der Waals surface area contributed by atoms with Gasteiger partial charge >= 0.3 is 5.97 Å². The van der Waals surface area contributed by atoms with E-state index in [0.717, 1.165) is 38.5 Å². The fourth-order valence-electron chi connectivity index (χ4n) is 5.00. The molecule has 2 heterocycles. The van der Waals surface area contributed by atoms with Crippen LogP contribution in [0.3, 0.4) is 0 Å². The molecule has 0 aromatic rings. The zero-order chi connectivity index (χ0) is 18.4. The summed E-state index contributed by atoms with van der Waals surface area (Å²) in [6, 6.07) is 0. The van der Waals surface area contributed by atoms with Crippen molar-refractivity contribution in [3.63, 3.8) is 0 Å². The molecule has 5 atom stereocenters. The first-order valence-corrected chi connectivity index (χ1v) is 10.5. The van der Waals surface area contributed by atoms with Crippen LogP contribution in [0.2, 0.25) is 0 Å². The van der Waals surface area contributed by atoms with Gasteiger partial charge in [-0.3, -0.25) is 4.79 Å². The van der Waals surface area contributed by atoms with Crippen LogP contribution >= 0.6 is 0 Å². The van der Waals surface area contributed by atoms with Gasteiger partial charge in [0.2, 0.25) is 0 Å². The average Bonchev–Trinajstić information content (AvgIpc) is 3.24. The van der Waals surface area contributed by atoms with E-state index >= 15 is 0 Å². The largest absolute Gasteiger partial charge is 0.481 e. The number of hydrogen-bond acceptors (Lipinski definition) is 3. The number of carboxylic acid groups (broad SMARTS) is 1. The summed E-state index contributed by atoms with van der Waals surface area (Å²) in [6.45, 7) is 0. The summed E-state index contributed by atoms with van der Waals surface area (Å²) in [5.41, 5.74) is 0. The molecule has 0 aromatic carbocycles. The first-order chi connectivity index (χ1) is 12.6. The lowest BCUT2D eigenvalue weighted by atomic mass is 9.76. The van der Waals surface area contributed by atoms with Gasteiger partial charge in [-0.1, -0.05) is 43.6 Å². The highest BCUT2D eigenvalue weighted by Gasteiger charge is 2.46. The number of rotatable bonds is 9. The Morgan fingerprint density at radius 3 is 2.62 bits per heavy atom. The lowest BCUT2D eigenvalue weighted by molar-refractivity contribution is -0.137. The third kappa shape index (κ3) is 5.20. The number of aliphatic hydroxyl groups is 1. The second kappa shape index (κ2) is 9.70. The Morgan fingerprint density at radius 2 is 1.85 bits per heavy atom. The van der Waals surface area contributed by atoms with Crippen molar-refractivity contribution in [1.29, 1.82) is 0 Å². The Kier molecular flexibility index (Phi) is 7.32. The number of carboxylic acids is 1. The van der Waals surface area contributed by atoms with E-state index in [9.17, 15) is 9.90 Å². The topological polar surface area (TPSA) is 66.8 Å². The molecule has 1 unspecified atom stereocenters. The zero-order valence-electron chi connectivity index (χ0n) is 15.8. The maximum Gasteiger partial charge on any atom is 0.303 e. The standard InChI is InChI=1S/C22H34O4/c23-19(16-8-4-3-5-9-16)13-12-18-17(20-14-15-21(18)26-20)10-6-1-2-7-11-22(24)25/h1,6,12-13,16-21,23H,2-5,7-11,14-15H2,(H,24,25)/b6-1-,13-12?/t17-,18-,19?,20+,21-/m0/s1. The molecule has 1 aliphatic carbocycles. The summed E-state index contributed by atoms with van der Waals surface area (Å²) < 4.78 is 6.14. The van der Waals surface area contributed by atoms with E-state index in [0.29, 0.717) is 36.4 Å². The third-order valence-electron chi connectivity index (χ3n) is 6.49. The normalized spacial score (nSPS) is 33.4. The molecule has 3 rings (SSSR count). The predicted molar refractivity (Wildman–Crippen MR) is 102 cm³/mol. The van der Waals surface area contributed by atoms with Crippen molar-refractivity contribution in [1.82, 2.24) is 0 Å². The van der Waals surface area contributed by atoms with Crippen LogP contribution in [0.4, 0.5) is 0 Å². The Bertz CT molecular complexity index is 506. The van der Waals surface area contributed by atoms with Gasteiger partial charge in [-0.25, -0.2) is 0 Å². The van der Waals surface area contributed by atoms with Gasteiger partial charge < -0.3 is 14.9 Å². The average molecular weight is 363 g/mol. The van der Waals surface area contributed by atoms with Crippen LogP contribution in [-0.2, 0) is 9.53 Å². The van der Waals surface area contributed by atoms with Gasteiger partial charge in [0.05, 0.1) is 18.3 Å². The minimum absolute atomic E-state index is 0.242. The van der Waals surface area contributed by atoms with E-state index in [1.165, 1.54) is 19.3 Å². The fourth-order valence-corrected chi connectivity index (χ4v) is 5.00. The summed E-state index contributed by atoms with van der Waals surface area (Å²) in [4.78, 5) is 10.5. The molecule has 146 valence electrons. The molecule has 0 spiro atoms. The molecule has 4 nitrogen and oxygen atoms in total. The lowest BCUT2D eigenvalue weighted by Crippen LogP contribution is -2.26. The minimum atomic E-state index is -0.721. The Balaban J connectivity index is 1.49. The van der Waals surface area contributed by atoms with Crippen molar-refractivity contribution < 1.29 is 19.7 Å². The van der Waals surface area contributed by atoms with Crippen molar-refractivity contribution in [2.75, 3.05) is 0 Å². The van der Waals surface area contributed by atoms with Gasteiger partial charge in [0.25, 0.3) is 0 Å². The van der Waals surface area contributed by atoms with Crippen LogP contribution < -0.4 is 0 Å². The van der Waals surface area contributed by atoms with Crippen LogP contribution in [0.5, 0.6) is 0 Å². The SMILES string of the molecule is O=C(O)CCC/C=C\C[C@H]1[C@H](C=CC(O)C2CCCCC2)[C@@H]2CC[C@H]1O2. The van der Waals surface area contributed by atoms with Gasteiger partial charge in [0.1, 0.15) is 0 Å². The summed E-state index contributed by atoms with van der Waals surface area (Å²) in [5.74, 6) is 0.628. The first-order valence-electron chi connectivity index (χ1n) is 10.5. The Labute approximate surface area is 157 Å². The van der Waals surface area contributed by atoms with E-state index in [-0.39, 0.29) is 12.5 Å². The van der Waals surface area contributed by atoms with Crippen molar-refractivity contribution in [2.45, 2.75) is 88.9 Å². The molecule has 2 saturated heterocycles. The van der Waals surface area contributed by atoms with Crippen LogP contribution in [0, 0.1) is 17.8 Å². The van der Waals surface area contributed by atoms with Crippen molar-refractivity contribution in [2.24, 2.45) is 17.8 Å².